The molecular formula is C16H28N3O2+. The van der Waals surface area contributed by atoms with Gasteiger partial charge in [0, 0.05) is 20.3 Å². The molecule has 1 aromatic rings. The highest BCUT2D eigenvalue weighted by Gasteiger charge is 2.24. The van der Waals surface area contributed by atoms with Gasteiger partial charge in [0.05, 0.1) is 20.1 Å². The molecule has 0 spiro atoms. The van der Waals surface area contributed by atoms with Crippen LogP contribution in [0.2, 0.25) is 0 Å². The van der Waals surface area contributed by atoms with E-state index in [9.17, 15) is 4.79 Å². The van der Waals surface area contributed by atoms with Gasteiger partial charge in [-0.1, -0.05) is 13.8 Å². The van der Waals surface area contributed by atoms with Crippen molar-refractivity contribution in [2.45, 2.75) is 33.2 Å². The molecule has 21 heavy (non-hydrogen) atoms. The lowest BCUT2D eigenvalue weighted by Crippen LogP contribution is -2.44. The first-order valence-corrected chi connectivity index (χ1v) is 7.58. The van der Waals surface area contributed by atoms with Crippen LogP contribution in [-0.2, 0) is 6.54 Å². The average Bonchev–Trinajstić information content (AvgIpc) is 2.41. The molecule has 0 aromatic carbocycles. The highest BCUT2D eigenvalue weighted by atomic mass is 16.6. The molecule has 0 bridgehead atoms. The van der Waals surface area contributed by atoms with E-state index in [0.29, 0.717) is 5.75 Å². The molecule has 1 amide bonds. The number of hydrogen-bond donors (Lipinski definition) is 0. The highest BCUT2D eigenvalue weighted by Crippen LogP contribution is 2.21. The van der Waals surface area contributed by atoms with Crippen molar-refractivity contribution in [2.75, 3.05) is 34.2 Å². The van der Waals surface area contributed by atoms with Crippen LogP contribution in [0, 0.1) is 0 Å². The van der Waals surface area contributed by atoms with Gasteiger partial charge in [-0.05, 0) is 25.0 Å². The molecule has 118 valence electrons. The predicted molar refractivity (Wildman–Crippen MR) is 84.2 cm³/mol. The molecule has 0 unspecified atom stereocenters. The van der Waals surface area contributed by atoms with E-state index in [-0.39, 0.29) is 6.09 Å². The molecule has 5 nitrogen and oxygen atoms in total. The van der Waals surface area contributed by atoms with Crippen LogP contribution >= 0.6 is 0 Å². The van der Waals surface area contributed by atoms with Gasteiger partial charge in [-0.15, -0.1) is 0 Å². The molecule has 1 rings (SSSR count). The van der Waals surface area contributed by atoms with Crippen molar-refractivity contribution in [2.24, 2.45) is 0 Å². The van der Waals surface area contributed by atoms with E-state index in [0.717, 1.165) is 42.7 Å². The summed E-state index contributed by atoms with van der Waals surface area (Å²) in [6.07, 6.45) is 3.63. The molecule has 5 heteroatoms. The first-order valence-electron chi connectivity index (χ1n) is 7.58. The van der Waals surface area contributed by atoms with Crippen LogP contribution in [0.25, 0.3) is 0 Å². The smallest absolute Gasteiger partial charge is 0.408 e. The normalized spacial score (nSPS) is 11.3. The lowest BCUT2D eigenvalue weighted by Gasteiger charge is -2.34. The van der Waals surface area contributed by atoms with Gasteiger partial charge in [-0.25, -0.2) is 4.79 Å². The van der Waals surface area contributed by atoms with Crippen molar-refractivity contribution in [1.29, 1.82) is 0 Å². The average molecular weight is 294 g/mol. The third kappa shape index (κ3) is 5.34. The van der Waals surface area contributed by atoms with Crippen molar-refractivity contribution in [3.8, 4) is 5.75 Å². The third-order valence-electron chi connectivity index (χ3n) is 3.47. The zero-order chi connectivity index (χ0) is 15.9. The maximum Gasteiger partial charge on any atom is 0.414 e. The van der Waals surface area contributed by atoms with Gasteiger partial charge < -0.3 is 14.1 Å². The van der Waals surface area contributed by atoms with Crippen molar-refractivity contribution in [3.05, 3.63) is 24.0 Å². The van der Waals surface area contributed by atoms with E-state index in [1.807, 2.05) is 6.07 Å². The lowest BCUT2D eigenvalue weighted by atomic mass is 10.2. The fourth-order valence-electron chi connectivity index (χ4n) is 2.53. The molecule has 0 aliphatic heterocycles. The Labute approximate surface area is 128 Å². The highest BCUT2D eigenvalue weighted by molar-refractivity contribution is 5.70. The maximum absolute atomic E-state index is 11.8. The van der Waals surface area contributed by atoms with Crippen LogP contribution in [-0.4, -0.2) is 54.7 Å². The van der Waals surface area contributed by atoms with E-state index in [2.05, 4.69) is 25.9 Å². The monoisotopic (exact) mass is 294 g/mol. The number of ether oxygens (including phenoxy) is 1. The lowest BCUT2D eigenvalue weighted by molar-refractivity contribution is -0.923. The summed E-state index contributed by atoms with van der Waals surface area (Å²) in [5, 5.41) is 0. The SMILES string of the molecule is CCC[N+](C)(CCC)Cc1ncccc1OC(=O)N(C)C. The largest absolute Gasteiger partial charge is 0.414 e. The Morgan fingerprint density at radius 1 is 1.29 bits per heavy atom. The van der Waals surface area contributed by atoms with Crippen molar-refractivity contribution in [3.63, 3.8) is 0 Å². The fraction of sp³-hybridized carbons (Fsp3) is 0.625. The minimum Gasteiger partial charge on any atom is -0.408 e. The Morgan fingerprint density at radius 2 is 1.90 bits per heavy atom. The van der Waals surface area contributed by atoms with Crippen molar-refractivity contribution < 1.29 is 14.0 Å². The molecule has 0 aliphatic carbocycles. The van der Waals surface area contributed by atoms with Crippen LogP contribution < -0.4 is 4.74 Å². The van der Waals surface area contributed by atoms with Crippen LogP contribution in [0.3, 0.4) is 0 Å². The topological polar surface area (TPSA) is 42.4 Å². The molecule has 0 saturated heterocycles. The molecule has 0 aliphatic rings. The minimum absolute atomic E-state index is 0.371. The van der Waals surface area contributed by atoms with Gasteiger partial charge in [-0.3, -0.25) is 4.98 Å². The fourth-order valence-corrected chi connectivity index (χ4v) is 2.53. The number of hydrogen-bond acceptors (Lipinski definition) is 3. The number of rotatable bonds is 7. The number of amides is 1. The number of nitrogens with zero attached hydrogens (tertiary/aromatic N) is 3. The maximum atomic E-state index is 11.8. The van der Waals surface area contributed by atoms with Gasteiger partial charge in [-0.2, -0.15) is 0 Å². The summed E-state index contributed by atoms with van der Waals surface area (Å²) in [5.74, 6) is 0.563. The summed E-state index contributed by atoms with van der Waals surface area (Å²) in [4.78, 5) is 17.6. The summed E-state index contributed by atoms with van der Waals surface area (Å²) in [5.41, 5.74) is 0.845. The Balaban J connectivity index is 2.94. The van der Waals surface area contributed by atoms with Gasteiger partial charge in [0.1, 0.15) is 12.2 Å². The number of carbonyl (C=O) groups is 1. The standard InChI is InChI=1S/C16H28N3O2/c1-6-11-19(5,12-7-2)13-14-15(9-8-10-17-14)21-16(20)18(3)4/h8-10H,6-7,11-13H2,1-5H3/q+1. The summed E-state index contributed by atoms with van der Waals surface area (Å²) >= 11 is 0. The van der Waals surface area contributed by atoms with Crippen molar-refractivity contribution in [1.82, 2.24) is 9.88 Å². The molecule has 0 fully saturated rings. The molecule has 1 heterocycles. The van der Waals surface area contributed by atoms with E-state index in [4.69, 9.17) is 4.74 Å². The number of pyridine rings is 1. The number of aromatic nitrogens is 1. The van der Waals surface area contributed by atoms with Gasteiger partial charge in [0.2, 0.25) is 0 Å². The summed E-state index contributed by atoms with van der Waals surface area (Å²) in [6.45, 7) is 7.34. The van der Waals surface area contributed by atoms with Gasteiger partial charge in [0.15, 0.2) is 5.75 Å². The zero-order valence-corrected chi connectivity index (χ0v) is 13.9. The Hall–Kier alpha value is -1.62. The van der Waals surface area contributed by atoms with E-state index < -0.39 is 0 Å². The summed E-state index contributed by atoms with van der Waals surface area (Å²) < 4.78 is 6.34. The molecule has 0 atom stereocenters. The van der Waals surface area contributed by atoms with Gasteiger partial charge >= 0.3 is 6.09 Å². The summed E-state index contributed by atoms with van der Waals surface area (Å²) in [6, 6.07) is 3.61. The Bertz CT molecular complexity index is 455. The van der Waals surface area contributed by atoms with Crippen LogP contribution in [0.15, 0.2) is 18.3 Å². The first-order chi connectivity index (χ1) is 9.91. The zero-order valence-electron chi connectivity index (χ0n) is 13.9. The second-order valence-corrected chi connectivity index (χ2v) is 5.94. The van der Waals surface area contributed by atoms with E-state index >= 15 is 0 Å². The first kappa shape index (κ1) is 17.4. The number of carbonyl (C=O) groups excluding carboxylic acids is 1. The van der Waals surface area contributed by atoms with Crippen LogP contribution in [0.1, 0.15) is 32.4 Å². The Kier molecular flexibility index (Phi) is 6.62. The minimum atomic E-state index is -0.371. The second kappa shape index (κ2) is 7.98. The molecule has 0 N–H and O–H groups in total. The molecule has 0 radical (unpaired) electrons. The second-order valence-electron chi connectivity index (χ2n) is 5.94. The predicted octanol–water partition coefficient (Wildman–Crippen LogP) is 2.91. The van der Waals surface area contributed by atoms with E-state index in [1.165, 1.54) is 4.90 Å². The molecular weight excluding hydrogens is 266 g/mol. The molecule has 1 aromatic heterocycles. The van der Waals surface area contributed by atoms with E-state index in [1.54, 1.807) is 26.4 Å². The van der Waals surface area contributed by atoms with Crippen molar-refractivity contribution >= 4 is 6.09 Å². The quantitative estimate of drug-likeness (QED) is 0.726. The third-order valence-corrected chi connectivity index (χ3v) is 3.47. The number of quaternary nitrogens is 1. The Morgan fingerprint density at radius 3 is 2.43 bits per heavy atom. The summed E-state index contributed by atoms with van der Waals surface area (Å²) in [7, 11) is 5.58. The van der Waals surface area contributed by atoms with Crippen LogP contribution in [0.5, 0.6) is 5.75 Å². The molecule has 0 saturated carbocycles. The van der Waals surface area contributed by atoms with Crippen LogP contribution in [0.4, 0.5) is 4.79 Å². The van der Waals surface area contributed by atoms with Gasteiger partial charge in [0.25, 0.3) is 0 Å².